The molecule has 0 saturated carbocycles. The standard InChI is InChI=1S/C16H21N3O2S/c1-10(2)12(4)17-14(20)9-22-16-19-18-15(21-16)13-7-5-11(3)6-8-13/h5-8,10,12H,9H2,1-4H3,(H,17,20). The van der Waals surface area contributed by atoms with Crippen LogP contribution in [0.25, 0.3) is 11.5 Å². The molecule has 1 amide bonds. The monoisotopic (exact) mass is 319 g/mol. The van der Waals surface area contributed by atoms with Gasteiger partial charge in [-0.05, 0) is 31.9 Å². The van der Waals surface area contributed by atoms with E-state index in [2.05, 4.69) is 29.4 Å². The zero-order valence-electron chi connectivity index (χ0n) is 13.3. The van der Waals surface area contributed by atoms with Gasteiger partial charge in [-0.15, -0.1) is 10.2 Å². The summed E-state index contributed by atoms with van der Waals surface area (Å²) in [5, 5.41) is 11.3. The Balaban J connectivity index is 1.90. The molecule has 0 saturated heterocycles. The van der Waals surface area contributed by atoms with E-state index in [1.807, 2.05) is 38.1 Å². The van der Waals surface area contributed by atoms with E-state index >= 15 is 0 Å². The summed E-state index contributed by atoms with van der Waals surface area (Å²) < 4.78 is 5.57. The Morgan fingerprint density at radius 3 is 2.55 bits per heavy atom. The Morgan fingerprint density at radius 1 is 1.23 bits per heavy atom. The molecule has 1 N–H and O–H groups in total. The van der Waals surface area contributed by atoms with E-state index in [0.717, 1.165) is 5.56 Å². The Hall–Kier alpha value is -1.82. The third-order valence-electron chi connectivity index (χ3n) is 3.42. The van der Waals surface area contributed by atoms with Gasteiger partial charge in [0.05, 0.1) is 5.75 Å². The van der Waals surface area contributed by atoms with E-state index in [0.29, 0.717) is 17.0 Å². The molecule has 0 aliphatic heterocycles. The molecule has 2 rings (SSSR count). The molecule has 5 nitrogen and oxygen atoms in total. The number of nitrogens with zero attached hydrogens (tertiary/aromatic N) is 2. The molecule has 6 heteroatoms. The third-order valence-corrected chi connectivity index (χ3v) is 4.24. The molecule has 0 aliphatic carbocycles. The van der Waals surface area contributed by atoms with Crippen molar-refractivity contribution in [2.24, 2.45) is 5.92 Å². The van der Waals surface area contributed by atoms with Gasteiger partial charge in [0.25, 0.3) is 5.22 Å². The van der Waals surface area contributed by atoms with Crippen molar-refractivity contribution in [3.8, 4) is 11.5 Å². The van der Waals surface area contributed by atoms with Crippen LogP contribution in [0.2, 0.25) is 0 Å². The van der Waals surface area contributed by atoms with Crippen LogP contribution in [0.5, 0.6) is 0 Å². The van der Waals surface area contributed by atoms with Gasteiger partial charge in [-0.1, -0.05) is 43.3 Å². The SMILES string of the molecule is Cc1ccc(-c2nnc(SCC(=O)NC(C)C(C)C)o2)cc1. The van der Waals surface area contributed by atoms with Crippen LogP contribution in [0.1, 0.15) is 26.3 Å². The molecular formula is C16H21N3O2S. The van der Waals surface area contributed by atoms with E-state index in [4.69, 9.17) is 4.42 Å². The third kappa shape index (κ3) is 4.59. The van der Waals surface area contributed by atoms with E-state index in [1.165, 1.54) is 17.3 Å². The molecule has 0 aliphatic rings. The quantitative estimate of drug-likeness (QED) is 0.827. The molecule has 0 radical (unpaired) electrons. The van der Waals surface area contributed by atoms with E-state index in [-0.39, 0.29) is 17.7 Å². The van der Waals surface area contributed by atoms with E-state index in [9.17, 15) is 4.79 Å². The molecular weight excluding hydrogens is 298 g/mol. The van der Waals surface area contributed by atoms with Crippen molar-refractivity contribution in [1.82, 2.24) is 15.5 Å². The maximum atomic E-state index is 11.8. The average Bonchev–Trinajstić information content (AvgIpc) is 2.94. The molecule has 22 heavy (non-hydrogen) atoms. The number of nitrogens with one attached hydrogen (secondary N) is 1. The normalized spacial score (nSPS) is 12.4. The summed E-state index contributed by atoms with van der Waals surface area (Å²) in [5.74, 6) is 1.12. The van der Waals surface area contributed by atoms with Gasteiger partial charge in [0.15, 0.2) is 0 Å². The van der Waals surface area contributed by atoms with Gasteiger partial charge in [0, 0.05) is 11.6 Å². The lowest BCUT2D eigenvalue weighted by Crippen LogP contribution is -2.37. The maximum Gasteiger partial charge on any atom is 0.277 e. The summed E-state index contributed by atoms with van der Waals surface area (Å²) in [6, 6.07) is 8.02. The Morgan fingerprint density at radius 2 is 1.91 bits per heavy atom. The second kappa shape index (κ2) is 7.45. The molecule has 1 aromatic carbocycles. The highest BCUT2D eigenvalue weighted by Crippen LogP contribution is 2.23. The average molecular weight is 319 g/mol. The lowest BCUT2D eigenvalue weighted by Gasteiger charge is -2.16. The van der Waals surface area contributed by atoms with Gasteiger partial charge < -0.3 is 9.73 Å². The number of benzene rings is 1. The molecule has 0 spiro atoms. The van der Waals surface area contributed by atoms with E-state index < -0.39 is 0 Å². The van der Waals surface area contributed by atoms with Crippen molar-refractivity contribution < 1.29 is 9.21 Å². The van der Waals surface area contributed by atoms with Gasteiger partial charge in [-0.25, -0.2) is 0 Å². The van der Waals surface area contributed by atoms with Crippen LogP contribution in [0, 0.1) is 12.8 Å². The van der Waals surface area contributed by atoms with Crippen LogP contribution in [0.3, 0.4) is 0 Å². The molecule has 0 fully saturated rings. The van der Waals surface area contributed by atoms with Crippen molar-refractivity contribution in [3.05, 3.63) is 29.8 Å². The largest absolute Gasteiger partial charge is 0.411 e. The molecule has 2 aromatic rings. The summed E-state index contributed by atoms with van der Waals surface area (Å²) in [6.07, 6.45) is 0. The van der Waals surface area contributed by atoms with E-state index in [1.54, 1.807) is 0 Å². The number of hydrogen-bond acceptors (Lipinski definition) is 5. The zero-order chi connectivity index (χ0) is 16.1. The van der Waals surface area contributed by atoms with Crippen molar-refractivity contribution in [3.63, 3.8) is 0 Å². The highest BCUT2D eigenvalue weighted by Gasteiger charge is 2.14. The van der Waals surface area contributed by atoms with Crippen LogP contribution in [-0.4, -0.2) is 27.9 Å². The summed E-state index contributed by atoms with van der Waals surface area (Å²) in [7, 11) is 0. The number of amides is 1. The van der Waals surface area contributed by atoms with Gasteiger partial charge in [0.1, 0.15) is 0 Å². The first kappa shape index (κ1) is 16.5. The van der Waals surface area contributed by atoms with Crippen LogP contribution in [0.15, 0.2) is 33.9 Å². The van der Waals surface area contributed by atoms with Crippen LogP contribution in [0.4, 0.5) is 0 Å². The Bertz CT molecular complexity index is 623. The number of carbonyl (C=O) groups excluding carboxylic acids is 1. The number of thioether (sulfide) groups is 1. The molecule has 0 bridgehead atoms. The molecule has 1 atom stereocenters. The minimum absolute atomic E-state index is 0.0266. The molecule has 118 valence electrons. The van der Waals surface area contributed by atoms with Gasteiger partial charge >= 0.3 is 0 Å². The lowest BCUT2D eigenvalue weighted by molar-refractivity contribution is -0.119. The van der Waals surface area contributed by atoms with Crippen molar-refractivity contribution in [1.29, 1.82) is 0 Å². The number of rotatable bonds is 6. The van der Waals surface area contributed by atoms with Crippen molar-refractivity contribution in [2.75, 3.05) is 5.75 Å². The summed E-state index contributed by atoms with van der Waals surface area (Å²) in [4.78, 5) is 11.8. The fourth-order valence-electron chi connectivity index (χ4n) is 1.67. The highest BCUT2D eigenvalue weighted by molar-refractivity contribution is 7.99. The summed E-state index contributed by atoms with van der Waals surface area (Å²) >= 11 is 1.25. The van der Waals surface area contributed by atoms with Crippen LogP contribution < -0.4 is 5.32 Å². The van der Waals surface area contributed by atoms with Crippen LogP contribution >= 0.6 is 11.8 Å². The summed E-state index contributed by atoms with van der Waals surface area (Å²) in [6.45, 7) is 8.17. The lowest BCUT2D eigenvalue weighted by atomic mass is 10.1. The number of hydrogen-bond donors (Lipinski definition) is 1. The van der Waals surface area contributed by atoms with Gasteiger partial charge in [0.2, 0.25) is 11.8 Å². The number of carbonyl (C=O) groups is 1. The number of aryl methyl sites for hydroxylation is 1. The van der Waals surface area contributed by atoms with Crippen LogP contribution in [-0.2, 0) is 4.79 Å². The fraction of sp³-hybridized carbons (Fsp3) is 0.438. The topological polar surface area (TPSA) is 68.0 Å². The maximum absolute atomic E-state index is 11.8. The minimum atomic E-state index is -0.0266. The summed E-state index contributed by atoms with van der Waals surface area (Å²) in [5.41, 5.74) is 2.05. The second-order valence-corrected chi connectivity index (χ2v) is 6.55. The molecule has 1 aromatic heterocycles. The first-order chi connectivity index (χ1) is 10.5. The van der Waals surface area contributed by atoms with Gasteiger partial charge in [-0.2, -0.15) is 0 Å². The molecule has 1 unspecified atom stereocenters. The van der Waals surface area contributed by atoms with Gasteiger partial charge in [-0.3, -0.25) is 4.79 Å². The predicted octanol–water partition coefficient (Wildman–Crippen LogP) is 3.30. The fourth-order valence-corrected chi connectivity index (χ4v) is 2.24. The van der Waals surface area contributed by atoms with Crippen molar-refractivity contribution >= 4 is 17.7 Å². The Labute approximate surface area is 134 Å². The van der Waals surface area contributed by atoms with Crippen molar-refractivity contribution in [2.45, 2.75) is 39.0 Å². The second-order valence-electron chi connectivity index (χ2n) is 5.63. The first-order valence-electron chi connectivity index (χ1n) is 7.28. The minimum Gasteiger partial charge on any atom is -0.411 e. The molecule has 1 heterocycles. The predicted molar refractivity (Wildman–Crippen MR) is 87.6 cm³/mol. The first-order valence-corrected chi connectivity index (χ1v) is 8.27. The zero-order valence-corrected chi connectivity index (χ0v) is 14.1. The Kier molecular flexibility index (Phi) is 5.60. The smallest absolute Gasteiger partial charge is 0.277 e. The highest BCUT2D eigenvalue weighted by atomic mass is 32.2. The number of aromatic nitrogens is 2.